The third-order valence-electron chi connectivity index (χ3n) is 3.22. The molecule has 0 spiro atoms. The van der Waals surface area contributed by atoms with E-state index in [1.165, 1.54) is 19.3 Å². The fourth-order valence-corrected chi connectivity index (χ4v) is 2.07. The molecule has 0 saturated heterocycles. The number of allylic oxidation sites excluding steroid dienone is 2. The van der Waals surface area contributed by atoms with E-state index < -0.39 is 0 Å². The predicted octanol–water partition coefficient (Wildman–Crippen LogP) is 3.35. The Morgan fingerprint density at radius 1 is 1.69 bits per heavy atom. The molecule has 0 heterocycles. The van der Waals surface area contributed by atoms with Crippen molar-refractivity contribution in [3.8, 4) is 0 Å². The molecule has 0 aliphatic heterocycles. The lowest BCUT2D eigenvalue weighted by molar-refractivity contribution is -0.108. The molecule has 0 N–H and O–H groups in total. The summed E-state index contributed by atoms with van der Waals surface area (Å²) in [6, 6.07) is 0. The second-order valence-electron chi connectivity index (χ2n) is 4.31. The summed E-state index contributed by atoms with van der Waals surface area (Å²) in [6.45, 7) is 4.50. The number of carbonyl (C=O) groups is 1. The molecule has 1 rings (SSSR count). The monoisotopic (exact) mass is 180 g/mol. The number of carbonyl (C=O) groups excluding carboxylic acids is 1. The molecule has 74 valence electrons. The van der Waals surface area contributed by atoms with E-state index in [1.54, 1.807) is 5.57 Å². The average Bonchev–Trinajstić information content (AvgIpc) is 2.15. The van der Waals surface area contributed by atoms with Crippen molar-refractivity contribution in [1.82, 2.24) is 0 Å². The standard InChI is InChI=1S/C12H20O/c1-10-5-7-12(8-6-10)11(2)4-3-9-13/h5,9,11-12H,3-4,6-8H2,1-2H3. The van der Waals surface area contributed by atoms with Gasteiger partial charge in [-0.05, 0) is 44.4 Å². The van der Waals surface area contributed by atoms with Gasteiger partial charge in [-0.25, -0.2) is 0 Å². The first-order valence-electron chi connectivity index (χ1n) is 5.33. The van der Waals surface area contributed by atoms with E-state index >= 15 is 0 Å². The van der Waals surface area contributed by atoms with E-state index in [0.29, 0.717) is 0 Å². The van der Waals surface area contributed by atoms with E-state index in [1.807, 2.05) is 0 Å². The average molecular weight is 180 g/mol. The van der Waals surface area contributed by atoms with Gasteiger partial charge in [0.25, 0.3) is 0 Å². The van der Waals surface area contributed by atoms with E-state index in [-0.39, 0.29) is 0 Å². The first-order valence-corrected chi connectivity index (χ1v) is 5.33. The van der Waals surface area contributed by atoms with Gasteiger partial charge in [-0.3, -0.25) is 0 Å². The van der Waals surface area contributed by atoms with Crippen LogP contribution in [0.25, 0.3) is 0 Å². The third-order valence-corrected chi connectivity index (χ3v) is 3.22. The van der Waals surface area contributed by atoms with Crippen LogP contribution in [-0.4, -0.2) is 6.29 Å². The highest BCUT2D eigenvalue weighted by Crippen LogP contribution is 2.31. The molecule has 0 aromatic heterocycles. The lowest BCUT2D eigenvalue weighted by Crippen LogP contribution is -2.14. The van der Waals surface area contributed by atoms with Crippen LogP contribution >= 0.6 is 0 Å². The van der Waals surface area contributed by atoms with Crippen LogP contribution in [0.4, 0.5) is 0 Å². The van der Waals surface area contributed by atoms with Crippen LogP contribution in [0.5, 0.6) is 0 Å². The van der Waals surface area contributed by atoms with E-state index in [9.17, 15) is 4.79 Å². The fourth-order valence-electron chi connectivity index (χ4n) is 2.07. The molecule has 0 radical (unpaired) electrons. The first-order chi connectivity index (χ1) is 6.24. The van der Waals surface area contributed by atoms with Crippen molar-refractivity contribution in [2.24, 2.45) is 11.8 Å². The Labute approximate surface area is 81.2 Å². The van der Waals surface area contributed by atoms with Crippen LogP contribution in [0.2, 0.25) is 0 Å². The molecule has 1 aliphatic carbocycles. The van der Waals surface area contributed by atoms with Gasteiger partial charge in [-0.2, -0.15) is 0 Å². The van der Waals surface area contributed by atoms with Crippen LogP contribution in [0.15, 0.2) is 11.6 Å². The summed E-state index contributed by atoms with van der Waals surface area (Å²) in [4.78, 5) is 10.2. The van der Waals surface area contributed by atoms with Crippen LogP contribution in [0.1, 0.15) is 46.0 Å². The van der Waals surface area contributed by atoms with Crippen LogP contribution < -0.4 is 0 Å². The minimum Gasteiger partial charge on any atom is -0.303 e. The Kier molecular flexibility index (Phi) is 4.20. The van der Waals surface area contributed by atoms with Crippen LogP contribution in [0, 0.1) is 11.8 Å². The maximum Gasteiger partial charge on any atom is 0.120 e. The van der Waals surface area contributed by atoms with Crippen molar-refractivity contribution < 1.29 is 4.79 Å². The van der Waals surface area contributed by atoms with Gasteiger partial charge in [0.05, 0.1) is 0 Å². The van der Waals surface area contributed by atoms with Crippen molar-refractivity contribution in [2.45, 2.75) is 46.0 Å². The maximum absolute atomic E-state index is 10.2. The lowest BCUT2D eigenvalue weighted by Gasteiger charge is -2.26. The smallest absolute Gasteiger partial charge is 0.120 e. The van der Waals surface area contributed by atoms with Crippen LogP contribution in [0.3, 0.4) is 0 Å². The summed E-state index contributed by atoms with van der Waals surface area (Å²) in [5.41, 5.74) is 1.54. The van der Waals surface area contributed by atoms with Gasteiger partial charge >= 0.3 is 0 Å². The Hall–Kier alpha value is -0.590. The molecule has 0 fully saturated rings. The van der Waals surface area contributed by atoms with Gasteiger partial charge < -0.3 is 4.79 Å². The highest BCUT2D eigenvalue weighted by molar-refractivity contribution is 5.49. The molecule has 1 nitrogen and oxygen atoms in total. The highest BCUT2D eigenvalue weighted by Gasteiger charge is 2.18. The topological polar surface area (TPSA) is 17.1 Å². The summed E-state index contributed by atoms with van der Waals surface area (Å²) in [5, 5.41) is 0. The molecule has 1 aliphatic rings. The Morgan fingerprint density at radius 2 is 2.46 bits per heavy atom. The zero-order chi connectivity index (χ0) is 9.68. The Balaban J connectivity index is 2.31. The molecule has 0 aromatic rings. The molecule has 0 saturated carbocycles. The van der Waals surface area contributed by atoms with Crippen molar-refractivity contribution >= 4 is 6.29 Å². The lowest BCUT2D eigenvalue weighted by atomic mass is 9.80. The summed E-state index contributed by atoms with van der Waals surface area (Å²) < 4.78 is 0. The Morgan fingerprint density at radius 3 is 3.00 bits per heavy atom. The molecule has 1 heteroatoms. The van der Waals surface area contributed by atoms with E-state index in [0.717, 1.165) is 31.0 Å². The zero-order valence-electron chi connectivity index (χ0n) is 8.75. The van der Waals surface area contributed by atoms with Gasteiger partial charge in [0.1, 0.15) is 6.29 Å². The number of hydrogen-bond acceptors (Lipinski definition) is 1. The number of aldehydes is 1. The molecule has 0 aromatic carbocycles. The summed E-state index contributed by atoms with van der Waals surface area (Å²) in [5.74, 6) is 1.54. The number of hydrogen-bond donors (Lipinski definition) is 0. The quantitative estimate of drug-likeness (QED) is 0.479. The predicted molar refractivity (Wildman–Crippen MR) is 55.6 cm³/mol. The largest absolute Gasteiger partial charge is 0.303 e. The highest BCUT2D eigenvalue weighted by atomic mass is 16.1. The molecule has 13 heavy (non-hydrogen) atoms. The second-order valence-corrected chi connectivity index (χ2v) is 4.31. The van der Waals surface area contributed by atoms with Gasteiger partial charge in [0.15, 0.2) is 0 Å². The van der Waals surface area contributed by atoms with E-state index in [4.69, 9.17) is 0 Å². The van der Waals surface area contributed by atoms with Gasteiger partial charge in [0.2, 0.25) is 0 Å². The van der Waals surface area contributed by atoms with Crippen molar-refractivity contribution in [1.29, 1.82) is 0 Å². The Bertz CT molecular complexity index is 193. The number of rotatable bonds is 4. The third kappa shape index (κ3) is 3.33. The first kappa shape index (κ1) is 10.5. The van der Waals surface area contributed by atoms with Crippen molar-refractivity contribution in [2.75, 3.05) is 0 Å². The normalized spacial score (nSPS) is 25.1. The molecule has 2 unspecified atom stereocenters. The van der Waals surface area contributed by atoms with Gasteiger partial charge in [-0.1, -0.05) is 18.6 Å². The molecule has 2 atom stereocenters. The van der Waals surface area contributed by atoms with Crippen molar-refractivity contribution in [3.05, 3.63) is 11.6 Å². The summed E-state index contributed by atoms with van der Waals surface area (Å²) >= 11 is 0. The van der Waals surface area contributed by atoms with Gasteiger partial charge in [0, 0.05) is 6.42 Å². The maximum atomic E-state index is 10.2. The van der Waals surface area contributed by atoms with Gasteiger partial charge in [-0.15, -0.1) is 0 Å². The van der Waals surface area contributed by atoms with Crippen LogP contribution in [-0.2, 0) is 4.79 Å². The minimum atomic E-state index is 0.717. The minimum absolute atomic E-state index is 0.717. The summed E-state index contributed by atoms with van der Waals surface area (Å²) in [7, 11) is 0. The summed E-state index contributed by atoms with van der Waals surface area (Å²) in [6.07, 6.45) is 9.03. The molecule has 0 amide bonds. The SMILES string of the molecule is CC1=CCC(C(C)CCC=O)CC1. The molecule has 0 bridgehead atoms. The fraction of sp³-hybridized carbons (Fsp3) is 0.750. The van der Waals surface area contributed by atoms with E-state index in [2.05, 4.69) is 19.9 Å². The second kappa shape index (κ2) is 5.21. The molecular weight excluding hydrogens is 160 g/mol. The molecular formula is C12H20O. The van der Waals surface area contributed by atoms with Crippen molar-refractivity contribution in [3.63, 3.8) is 0 Å². The zero-order valence-corrected chi connectivity index (χ0v) is 8.75.